The predicted molar refractivity (Wildman–Crippen MR) is 78.2 cm³/mol. The topological polar surface area (TPSA) is 113 Å². The van der Waals surface area contributed by atoms with E-state index in [2.05, 4.69) is 16.0 Å². The fourth-order valence-electron chi connectivity index (χ4n) is 1.51. The van der Waals surface area contributed by atoms with Crippen LogP contribution in [0.25, 0.3) is 0 Å². The molecule has 3 N–H and O–H groups in total. The number of non-ortho nitro benzene ring substituents is 1. The van der Waals surface area contributed by atoms with Crippen LogP contribution in [0.2, 0.25) is 0 Å². The van der Waals surface area contributed by atoms with Crippen molar-refractivity contribution in [3.8, 4) is 0 Å². The lowest BCUT2D eigenvalue weighted by molar-refractivity contribution is -0.384. The van der Waals surface area contributed by atoms with Gasteiger partial charge in [-0.3, -0.25) is 14.9 Å². The van der Waals surface area contributed by atoms with Gasteiger partial charge >= 0.3 is 6.03 Å². The third-order valence-electron chi connectivity index (χ3n) is 2.66. The molecule has 0 aliphatic heterocycles. The fraction of sp³-hybridized carbons (Fsp3) is 0.385. The molecule has 0 saturated carbocycles. The Labute approximate surface area is 122 Å². The Morgan fingerprint density at radius 1 is 1.29 bits per heavy atom. The molecular weight excluding hydrogens is 276 g/mol. The normalized spacial score (nSPS) is 9.81. The zero-order chi connectivity index (χ0) is 15.8. The van der Waals surface area contributed by atoms with Gasteiger partial charge in [-0.1, -0.05) is 13.0 Å². The van der Waals surface area contributed by atoms with Gasteiger partial charge in [0.1, 0.15) is 0 Å². The number of hydrogen-bond donors (Lipinski definition) is 3. The Balaban J connectivity index is 2.56. The van der Waals surface area contributed by atoms with Crippen molar-refractivity contribution in [3.63, 3.8) is 0 Å². The minimum atomic E-state index is -0.592. The second kappa shape index (κ2) is 7.83. The molecule has 114 valence electrons. The first-order valence-corrected chi connectivity index (χ1v) is 6.50. The largest absolute Gasteiger partial charge is 0.355 e. The Morgan fingerprint density at radius 2 is 2.00 bits per heavy atom. The van der Waals surface area contributed by atoms with Gasteiger partial charge in [-0.05, 0) is 18.9 Å². The maximum atomic E-state index is 11.7. The first kappa shape index (κ1) is 16.4. The molecular formula is C13H18N4O4. The molecule has 1 aromatic carbocycles. The van der Waals surface area contributed by atoms with Gasteiger partial charge in [0.05, 0.1) is 17.2 Å². The van der Waals surface area contributed by atoms with Gasteiger partial charge in [-0.25, -0.2) is 4.79 Å². The molecule has 0 aliphatic rings. The number of amides is 3. The number of carbonyl (C=O) groups is 2. The second-order valence-corrected chi connectivity index (χ2v) is 4.41. The van der Waals surface area contributed by atoms with E-state index >= 15 is 0 Å². The van der Waals surface area contributed by atoms with E-state index in [4.69, 9.17) is 0 Å². The molecule has 0 aliphatic carbocycles. The summed E-state index contributed by atoms with van der Waals surface area (Å²) in [6.45, 7) is 4.03. The highest BCUT2D eigenvalue weighted by Gasteiger charge is 2.11. The van der Waals surface area contributed by atoms with E-state index in [0.29, 0.717) is 17.8 Å². The number of anilines is 1. The van der Waals surface area contributed by atoms with Gasteiger partial charge in [-0.2, -0.15) is 0 Å². The lowest BCUT2D eigenvalue weighted by Gasteiger charge is -2.09. The van der Waals surface area contributed by atoms with Crippen LogP contribution in [0.5, 0.6) is 0 Å². The minimum Gasteiger partial charge on any atom is -0.355 e. The van der Waals surface area contributed by atoms with Crippen LogP contribution in [0, 0.1) is 17.0 Å². The van der Waals surface area contributed by atoms with Gasteiger partial charge in [0, 0.05) is 18.7 Å². The molecule has 0 heterocycles. The summed E-state index contributed by atoms with van der Waals surface area (Å²) < 4.78 is 0. The molecule has 0 spiro atoms. The van der Waals surface area contributed by atoms with Crippen LogP contribution in [-0.4, -0.2) is 30.0 Å². The van der Waals surface area contributed by atoms with Crippen molar-refractivity contribution in [1.82, 2.24) is 10.6 Å². The number of hydrogen-bond acceptors (Lipinski definition) is 4. The fourth-order valence-corrected chi connectivity index (χ4v) is 1.51. The van der Waals surface area contributed by atoms with Crippen LogP contribution in [0.1, 0.15) is 18.9 Å². The van der Waals surface area contributed by atoms with Crippen molar-refractivity contribution in [2.24, 2.45) is 0 Å². The zero-order valence-corrected chi connectivity index (χ0v) is 11.9. The number of nitro benzene ring substituents is 1. The molecule has 8 heteroatoms. The SMILES string of the molecule is CCCNC(=O)CNC(=O)Nc1cc([N+](=O)[O-])ccc1C. The average Bonchev–Trinajstić information content (AvgIpc) is 2.45. The molecule has 0 radical (unpaired) electrons. The van der Waals surface area contributed by atoms with Crippen molar-refractivity contribution in [3.05, 3.63) is 33.9 Å². The van der Waals surface area contributed by atoms with E-state index < -0.39 is 11.0 Å². The average molecular weight is 294 g/mol. The lowest BCUT2D eigenvalue weighted by atomic mass is 10.2. The summed E-state index contributed by atoms with van der Waals surface area (Å²) in [6, 6.07) is 3.58. The number of urea groups is 1. The maximum absolute atomic E-state index is 11.7. The van der Waals surface area contributed by atoms with Crippen LogP contribution in [0.15, 0.2) is 18.2 Å². The van der Waals surface area contributed by atoms with Gasteiger partial charge in [-0.15, -0.1) is 0 Å². The number of nitrogens with one attached hydrogen (secondary N) is 3. The maximum Gasteiger partial charge on any atom is 0.319 e. The molecule has 0 fully saturated rings. The van der Waals surface area contributed by atoms with Crippen molar-refractivity contribution < 1.29 is 14.5 Å². The van der Waals surface area contributed by atoms with E-state index in [-0.39, 0.29) is 18.1 Å². The van der Waals surface area contributed by atoms with Crippen LogP contribution >= 0.6 is 0 Å². The zero-order valence-electron chi connectivity index (χ0n) is 11.9. The molecule has 0 atom stereocenters. The van der Waals surface area contributed by atoms with Crippen molar-refractivity contribution in [2.75, 3.05) is 18.4 Å². The summed E-state index contributed by atoms with van der Waals surface area (Å²) >= 11 is 0. The van der Waals surface area contributed by atoms with E-state index in [9.17, 15) is 19.7 Å². The van der Waals surface area contributed by atoms with Gasteiger partial charge in [0.25, 0.3) is 5.69 Å². The standard InChI is InChI=1S/C13H18N4O4/c1-3-6-14-12(18)8-15-13(19)16-11-7-10(17(20)21)5-4-9(11)2/h4-5,7H,3,6,8H2,1-2H3,(H,14,18)(H2,15,16,19). The monoisotopic (exact) mass is 294 g/mol. The van der Waals surface area contributed by atoms with Gasteiger partial charge in [0.2, 0.25) is 5.91 Å². The predicted octanol–water partition coefficient (Wildman–Crippen LogP) is 1.55. The van der Waals surface area contributed by atoms with Crippen LogP contribution in [0.3, 0.4) is 0 Å². The molecule has 8 nitrogen and oxygen atoms in total. The summed E-state index contributed by atoms with van der Waals surface area (Å²) in [6.07, 6.45) is 0.810. The summed E-state index contributed by atoms with van der Waals surface area (Å²) in [7, 11) is 0. The van der Waals surface area contributed by atoms with Crippen molar-refractivity contribution >= 4 is 23.3 Å². The second-order valence-electron chi connectivity index (χ2n) is 4.41. The summed E-state index contributed by atoms with van der Waals surface area (Å²) in [5.41, 5.74) is 0.901. The van der Waals surface area contributed by atoms with E-state index in [1.807, 2.05) is 6.92 Å². The molecule has 1 rings (SSSR count). The number of aryl methyl sites for hydroxylation is 1. The first-order chi connectivity index (χ1) is 9.93. The summed E-state index contributed by atoms with van der Waals surface area (Å²) in [5, 5.41) is 18.2. The Bertz CT molecular complexity index is 545. The number of carbonyl (C=O) groups excluding carboxylic acids is 2. The molecule has 21 heavy (non-hydrogen) atoms. The van der Waals surface area contributed by atoms with Crippen molar-refractivity contribution in [2.45, 2.75) is 20.3 Å². The minimum absolute atomic E-state index is 0.114. The first-order valence-electron chi connectivity index (χ1n) is 6.50. The van der Waals surface area contributed by atoms with E-state index in [1.54, 1.807) is 13.0 Å². The number of benzene rings is 1. The molecule has 1 aromatic rings. The molecule has 0 saturated heterocycles. The van der Waals surface area contributed by atoms with E-state index in [1.165, 1.54) is 12.1 Å². The number of nitrogens with zero attached hydrogens (tertiary/aromatic N) is 1. The Morgan fingerprint density at radius 3 is 2.62 bits per heavy atom. The van der Waals surface area contributed by atoms with E-state index in [0.717, 1.165) is 6.42 Å². The highest BCUT2D eigenvalue weighted by Crippen LogP contribution is 2.21. The van der Waals surface area contributed by atoms with Gasteiger partial charge in [0.15, 0.2) is 0 Å². The smallest absolute Gasteiger partial charge is 0.319 e. The molecule has 3 amide bonds. The third-order valence-corrected chi connectivity index (χ3v) is 2.66. The van der Waals surface area contributed by atoms with Crippen LogP contribution in [-0.2, 0) is 4.79 Å². The Kier molecular flexibility index (Phi) is 6.12. The van der Waals surface area contributed by atoms with Crippen LogP contribution in [0.4, 0.5) is 16.2 Å². The van der Waals surface area contributed by atoms with Gasteiger partial charge < -0.3 is 16.0 Å². The quantitative estimate of drug-likeness (QED) is 0.545. The van der Waals surface area contributed by atoms with Crippen LogP contribution < -0.4 is 16.0 Å². The highest BCUT2D eigenvalue weighted by atomic mass is 16.6. The highest BCUT2D eigenvalue weighted by molar-refractivity contribution is 5.93. The molecule has 0 aromatic heterocycles. The molecule has 0 bridgehead atoms. The molecule has 0 unspecified atom stereocenters. The summed E-state index contributed by atoms with van der Waals surface area (Å²) in [4.78, 5) is 33.1. The number of rotatable bonds is 6. The number of nitro groups is 1. The third kappa shape index (κ3) is 5.47. The lowest BCUT2D eigenvalue weighted by Crippen LogP contribution is -2.39. The summed E-state index contributed by atoms with van der Waals surface area (Å²) in [5.74, 6) is -0.289. The Hall–Kier alpha value is -2.64. The van der Waals surface area contributed by atoms with Crippen molar-refractivity contribution in [1.29, 1.82) is 0 Å².